The number of nitrogens with zero attached hydrogens (tertiary/aromatic N) is 1. The molecule has 0 aliphatic carbocycles. The van der Waals surface area contributed by atoms with Crippen LogP contribution in [-0.4, -0.2) is 60.9 Å². The molecular formula is C41H81NO5. The highest BCUT2D eigenvalue weighted by molar-refractivity contribution is 5.69. The Balaban J connectivity index is 3.73. The van der Waals surface area contributed by atoms with Gasteiger partial charge in [-0.2, -0.15) is 0 Å². The summed E-state index contributed by atoms with van der Waals surface area (Å²) >= 11 is 0. The predicted octanol–water partition coefficient (Wildman–Crippen LogP) is 11.5. The Bertz CT molecular complexity index is 658. The second-order valence-electron chi connectivity index (χ2n) is 14.1. The number of ether oxygens (including phenoxy) is 2. The molecule has 0 amide bonds. The Morgan fingerprint density at radius 3 is 1.47 bits per heavy atom. The van der Waals surface area contributed by atoms with Gasteiger partial charge in [-0.15, -0.1) is 0 Å². The fraction of sp³-hybridized carbons (Fsp3) is 0.951. The van der Waals surface area contributed by atoms with E-state index in [4.69, 9.17) is 9.47 Å². The monoisotopic (exact) mass is 668 g/mol. The van der Waals surface area contributed by atoms with E-state index in [1.54, 1.807) is 0 Å². The molecule has 6 heteroatoms. The van der Waals surface area contributed by atoms with E-state index in [1.165, 1.54) is 96.3 Å². The van der Waals surface area contributed by atoms with Crippen LogP contribution in [0.15, 0.2) is 0 Å². The Morgan fingerprint density at radius 2 is 0.936 bits per heavy atom. The van der Waals surface area contributed by atoms with Gasteiger partial charge in [0.25, 0.3) is 0 Å². The van der Waals surface area contributed by atoms with Crippen molar-refractivity contribution in [3.05, 3.63) is 0 Å². The van der Waals surface area contributed by atoms with E-state index in [-0.39, 0.29) is 24.6 Å². The fourth-order valence-corrected chi connectivity index (χ4v) is 6.40. The molecule has 0 spiro atoms. The first kappa shape index (κ1) is 45.9. The van der Waals surface area contributed by atoms with Gasteiger partial charge in [-0.1, -0.05) is 149 Å². The molecule has 0 aromatic carbocycles. The van der Waals surface area contributed by atoms with Crippen LogP contribution >= 0.6 is 0 Å². The minimum absolute atomic E-state index is 0.0128. The summed E-state index contributed by atoms with van der Waals surface area (Å²) in [5.74, 6) is -0.0624. The molecule has 0 saturated carbocycles. The van der Waals surface area contributed by atoms with Gasteiger partial charge in [-0.25, -0.2) is 0 Å². The molecule has 280 valence electrons. The van der Waals surface area contributed by atoms with E-state index in [0.29, 0.717) is 26.0 Å². The summed E-state index contributed by atoms with van der Waals surface area (Å²) in [4.78, 5) is 26.8. The van der Waals surface area contributed by atoms with E-state index in [1.807, 2.05) is 0 Å². The Hall–Kier alpha value is -1.14. The van der Waals surface area contributed by atoms with Crippen LogP contribution in [0.1, 0.15) is 213 Å². The first-order valence-electron chi connectivity index (χ1n) is 20.8. The van der Waals surface area contributed by atoms with Crippen LogP contribution in [0.2, 0.25) is 0 Å². The third kappa shape index (κ3) is 34.5. The lowest BCUT2D eigenvalue weighted by atomic mass is 10.0. The van der Waals surface area contributed by atoms with Crippen molar-refractivity contribution < 1.29 is 24.2 Å². The van der Waals surface area contributed by atoms with Crippen LogP contribution < -0.4 is 0 Å². The summed E-state index contributed by atoms with van der Waals surface area (Å²) in [6.45, 7) is 10.1. The lowest BCUT2D eigenvalue weighted by Crippen LogP contribution is -2.29. The summed E-state index contributed by atoms with van der Waals surface area (Å²) < 4.78 is 11.3. The van der Waals surface area contributed by atoms with Crippen LogP contribution in [0.4, 0.5) is 0 Å². The van der Waals surface area contributed by atoms with Crippen molar-refractivity contribution in [3.8, 4) is 0 Å². The second-order valence-corrected chi connectivity index (χ2v) is 14.1. The van der Waals surface area contributed by atoms with Crippen molar-refractivity contribution in [1.29, 1.82) is 0 Å². The number of esters is 2. The Kier molecular flexibility index (Phi) is 36.8. The molecule has 0 fully saturated rings. The average molecular weight is 668 g/mol. The maximum Gasteiger partial charge on any atom is 0.306 e. The van der Waals surface area contributed by atoms with Crippen LogP contribution in [0.5, 0.6) is 0 Å². The third-order valence-electron chi connectivity index (χ3n) is 9.43. The fourth-order valence-electron chi connectivity index (χ4n) is 6.40. The largest absolute Gasteiger partial charge is 0.466 e. The lowest BCUT2D eigenvalue weighted by molar-refractivity contribution is -0.150. The molecule has 0 aromatic rings. The number of hydrogen-bond donors (Lipinski definition) is 1. The van der Waals surface area contributed by atoms with Crippen LogP contribution in [0.3, 0.4) is 0 Å². The molecule has 0 rings (SSSR count). The zero-order chi connectivity index (χ0) is 34.5. The summed E-state index contributed by atoms with van der Waals surface area (Å²) in [5.41, 5.74) is 0. The first-order valence-corrected chi connectivity index (χ1v) is 20.8. The van der Waals surface area contributed by atoms with E-state index in [2.05, 4.69) is 25.7 Å². The quantitative estimate of drug-likeness (QED) is 0.0521. The summed E-state index contributed by atoms with van der Waals surface area (Å²) in [6, 6.07) is 0. The standard InChI is InChI=1S/C41H81NO5/c1-4-7-9-11-13-14-15-16-17-22-29-38-46-40(44)32-26-23-28-35-42(36-37-43)34-27-21-18-20-25-33-41(45)47-39(30-6-3)31-24-19-12-10-8-5-2/h39,43H,4-38H2,1-3H3. The smallest absolute Gasteiger partial charge is 0.306 e. The SMILES string of the molecule is CCCCCCCCCCCCCOC(=O)CCCCCN(CCO)CCCCCCCC(=O)OC(CCC)CCCCCCCC. The minimum atomic E-state index is -0.0495. The van der Waals surface area contributed by atoms with Gasteiger partial charge in [0.15, 0.2) is 0 Å². The highest BCUT2D eigenvalue weighted by atomic mass is 16.5. The molecule has 1 unspecified atom stereocenters. The van der Waals surface area contributed by atoms with Gasteiger partial charge in [0.05, 0.1) is 13.2 Å². The third-order valence-corrected chi connectivity index (χ3v) is 9.43. The Labute approximate surface area is 292 Å². The highest BCUT2D eigenvalue weighted by Gasteiger charge is 2.13. The van der Waals surface area contributed by atoms with E-state index >= 15 is 0 Å². The van der Waals surface area contributed by atoms with E-state index in [0.717, 1.165) is 96.6 Å². The highest BCUT2D eigenvalue weighted by Crippen LogP contribution is 2.16. The van der Waals surface area contributed by atoms with Gasteiger partial charge < -0.3 is 19.5 Å². The lowest BCUT2D eigenvalue weighted by Gasteiger charge is -2.21. The molecule has 0 saturated heterocycles. The van der Waals surface area contributed by atoms with Gasteiger partial charge in [0.1, 0.15) is 6.10 Å². The van der Waals surface area contributed by atoms with Crippen LogP contribution in [-0.2, 0) is 19.1 Å². The molecule has 0 heterocycles. The van der Waals surface area contributed by atoms with E-state index < -0.39 is 0 Å². The molecule has 6 nitrogen and oxygen atoms in total. The molecule has 0 aliphatic heterocycles. The van der Waals surface area contributed by atoms with Crippen LogP contribution in [0.25, 0.3) is 0 Å². The number of carbonyl (C=O) groups excluding carboxylic acids is 2. The van der Waals surface area contributed by atoms with Crippen molar-refractivity contribution >= 4 is 11.9 Å². The van der Waals surface area contributed by atoms with Crippen molar-refractivity contribution in [2.45, 2.75) is 219 Å². The van der Waals surface area contributed by atoms with Crippen molar-refractivity contribution in [1.82, 2.24) is 4.90 Å². The average Bonchev–Trinajstić information content (AvgIpc) is 3.06. The minimum Gasteiger partial charge on any atom is -0.466 e. The van der Waals surface area contributed by atoms with Crippen LogP contribution in [0, 0.1) is 0 Å². The number of aliphatic hydroxyl groups is 1. The first-order chi connectivity index (χ1) is 23.1. The van der Waals surface area contributed by atoms with Gasteiger partial charge in [0, 0.05) is 19.4 Å². The van der Waals surface area contributed by atoms with Crippen molar-refractivity contribution in [2.24, 2.45) is 0 Å². The molecule has 0 aliphatic rings. The molecule has 0 radical (unpaired) electrons. The maximum absolute atomic E-state index is 12.4. The van der Waals surface area contributed by atoms with E-state index in [9.17, 15) is 14.7 Å². The maximum atomic E-state index is 12.4. The van der Waals surface area contributed by atoms with Gasteiger partial charge in [-0.05, 0) is 64.5 Å². The second kappa shape index (κ2) is 37.7. The van der Waals surface area contributed by atoms with Gasteiger partial charge in [0.2, 0.25) is 0 Å². The Morgan fingerprint density at radius 1 is 0.489 bits per heavy atom. The summed E-state index contributed by atoms with van der Waals surface area (Å²) in [6.07, 6.45) is 34.5. The summed E-state index contributed by atoms with van der Waals surface area (Å²) in [7, 11) is 0. The molecular weight excluding hydrogens is 586 g/mol. The number of aliphatic hydroxyl groups excluding tert-OH is 1. The molecule has 0 bridgehead atoms. The number of unbranched alkanes of at least 4 members (excludes halogenated alkanes) is 21. The normalized spacial score (nSPS) is 12.1. The topological polar surface area (TPSA) is 76.1 Å². The van der Waals surface area contributed by atoms with Crippen molar-refractivity contribution in [2.75, 3.05) is 32.8 Å². The number of carbonyl (C=O) groups is 2. The molecule has 1 N–H and O–H groups in total. The zero-order valence-corrected chi connectivity index (χ0v) is 31.9. The number of rotatable bonds is 38. The zero-order valence-electron chi connectivity index (χ0n) is 31.9. The summed E-state index contributed by atoms with van der Waals surface area (Å²) in [5, 5.41) is 9.49. The molecule has 47 heavy (non-hydrogen) atoms. The number of hydrogen-bond acceptors (Lipinski definition) is 6. The molecule has 1 atom stereocenters. The van der Waals surface area contributed by atoms with Gasteiger partial charge in [-0.3, -0.25) is 9.59 Å². The van der Waals surface area contributed by atoms with Gasteiger partial charge >= 0.3 is 11.9 Å². The predicted molar refractivity (Wildman–Crippen MR) is 200 cm³/mol. The van der Waals surface area contributed by atoms with Crippen molar-refractivity contribution in [3.63, 3.8) is 0 Å². The molecule has 0 aromatic heterocycles.